The van der Waals surface area contributed by atoms with Gasteiger partial charge >= 0.3 is 5.97 Å². The number of fused-ring (bicyclic) bond motifs is 5. The molecule has 0 aromatic heterocycles. The Bertz CT molecular complexity index is 1250. The molecule has 4 aliphatic rings. The molecule has 8 nitrogen and oxygen atoms in total. The number of methoxy groups -OCH3 is 1. The van der Waals surface area contributed by atoms with E-state index in [1.165, 1.54) is 4.90 Å². The molecule has 6 rings (SSSR count). The topological polar surface area (TPSA) is 94.2 Å². The third-order valence-corrected chi connectivity index (χ3v) is 9.04. The molecule has 3 heterocycles. The van der Waals surface area contributed by atoms with Gasteiger partial charge in [-0.15, -0.1) is 11.8 Å². The molecule has 0 unspecified atom stereocenters. The van der Waals surface area contributed by atoms with Gasteiger partial charge < -0.3 is 19.5 Å². The molecule has 2 saturated heterocycles. The minimum absolute atomic E-state index is 0.0169. The smallest absolute Gasteiger partial charge is 0.355 e. The summed E-state index contributed by atoms with van der Waals surface area (Å²) in [5, 5.41) is 2.51. The first-order valence-electron chi connectivity index (χ1n) is 12.5. The van der Waals surface area contributed by atoms with Crippen LogP contribution in [0.15, 0.2) is 65.9 Å². The average Bonchev–Trinajstić information content (AvgIpc) is 2.93. The van der Waals surface area contributed by atoms with Crippen molar-refractivity contribution in [1.82, 2.24) is 10.2 Å². The van der Waals surface area contributed by atoms with Gasteiger partial charge in [-0.25, -0.2) is 4.79 Å². The number of carbonyl (C=O) groups excluding carboxylic acids is 3. The Balaban J connectivity index is 1.20. The number of rotatable bonds is 7. The molecule has 37 heavy (non-hydrogen) atoms. The van der Waals surface area contributed by atoms with Crippen molar-refractivity contribution in [1.29, 1.82) is 0 Å². The highest BCUT2D eigenvalue weighted by Gasteiger charge is 2.63. The Hall–Kier alpha value is -3.30. The van der Waals surface area contributed by atoms with Gasteiger partial charge in [0.15, 0.2) is 0 Å². The van der Waals surface area contributed by atoms with Crippen LogP contribution in [0.25, 0.3) is 0 Å². The van der Waals surface area contributed by atoms with Crippen molar-refractivity contribution in [3.8, 4) is 5.75 Å². The van der Waals surface area contributed by atoms with E-state index in [2.05, 4.69) is 5.32 Å². The minimum Gasteiger partial charge on any atom is -0.497 e. The van der Waals surface area contributed by atoms with Crippen molar-refractivity contribution in [3.05, 3.63) is 77.0 Å². The number of hydrogen-bond donors (Lipinski definition) is 1. The van der Waals surface area contributed by atoms with Gasteiger partial charge in [-0.2, -0.15) is 0 Å². The van der Waals surface area contributed by atoms with E-state index in [1.54, 1.807) is 18.9 Å². The van der Waals surface area contributed by atoms with Crippen molar-refractivity contribution < 1.29 is 28.6 Å². The Morgan fingerprint density at radius 1 is 1.11 bits per heavy atom. The van der Waals surface area contributed by atoms with E-state index in [0.29, 0.717) is 12.3 Å². The SMILES string of the molecule is COc1ccc(COC(=O)C2=C3[C@H]4CCCO[C@H]4[C@H]3S[C@@H]3[C@H](NC(=O)Cc4ccccc4)C(=O)N23)cc1. The van der Waals surface area contributed by atoms with E-state index in [0.717, 1.165) is 35.3 Å². The first kappa shape index (κ1) is 24.1. The Morgan fingerprint density at radius 2 is 1.89 bits per heavy atom. The second-order valence-electron chi connectivity index (χ2n) is 9.68. The van der Waals surface area contributed by atoms with Gasteiger partial charge in [-0.1, -0.05) is 42.5 Å². The molecule has 9 heteroatoms. The lowest BCUT2D eigenvalue weighted by Crippen LogP contribution is -2.73. The van der Waals surface area contributed by atoms with Crippen LogP contribution in [0.1, 0.15) is 24.0 Å². The first-order chi connectivity index (χ1) is 18.0. The van der Waals surface area contributed by atoms with E-state index in [4.69, 9.17) is 14.2 Å². The summed E-state index contributed by atoms with van der Waals surface area (Å²) in [5.74, 6) is -0.160. The molecule has 1 saturated carbocycles. The molecular formula is C28H28N2O6S. The normalized spacial score (nSPS) is 27.6. The minimum atomic E-state index is -0.685. The predicted octanol–water partition coefficient (Wildman–Crippen LogP) is 2.81. The molecule has 5 atom stereocenters. The highest BCUT2D eigenvalue weighted by Crippen LogP contribution is 2.57. The molecule has 3 aliphatic heterocycles. The van der Waals surface area contributed by atoms with Crippen LogP contribution >= 0.6 is 11.8 Å². The molecule has 0 radical (unpaired) electrons. The number of thioether (sulfide) groups is 1. The van der Waals surface area contributed by atoms with Gasteiger partial charge in [0.2, 0.25) is 5.91 Å². The zero-order chi connectivity index (χ0) is 25.5. The van der Waals surface area contributed by atoms with Gasteiger partial charge in [-0.3, -0.25) is 14.5 Å². The lowest BCUT2D eigenvalue weighted by atomic mass is 9.70. The van der Waals surface area contributed by atoms with Gasteiger partial charge in [0.05, 0.1) is 24.9 Å². The molecule has 192 valence electrons. The van der Waals surface area contributed by atoms with Gasteiger partial charge in [0.25, 0.3) is 5.91 Å². The van der Waals surface area contributed by atoms with Crippen LogP contribution < -0.4 is 10.1 Å². The van der Waals surface area contributed by atoms with Crippen LogP contribution in [0.4, 0.5) is 0 Å². The molecule has 2 aromatic carbocycles. The second kappa shape index (κ2) is 9.87. The van der Waals surface area contributed by atoms with Crippen LogP contribution in [0.3, 0.4) is 0 Å². The molecule has 2 aromatic rings. The first-order valence-corrected chi connectivity index (χ1v) is 13.5. The second-order valence-corrected chi connectivity index (χ2v) is 10.9. The zero-order valence-electron chi connectivity index (χ0n) is 20.4. The van der Waals surface area contributed by atoms with Crippen LogP contribution in [0, 0.1) is 5.92 Å². The highest BCUT2D eigenvalue weighted by molar-refractivity contribution is 8.01. The highest BCUT2D eigenvalue weighted by atomic mass is 32.2. The van der Waals surface area contributed by atoms with Crippen LogP contribution in [-0.2, 0) is 36.9 Å². The number of carbonyl (C=O) groups is 3. The molecule has 0 bridgehead atoms. The molecule has 1 aliphatic carbocycles. The van der Waals surface area contributed by atoms with Crippen LogP contribution in [0.2, 0.25) is 0 Å². The number of nitrogens with zero attached hydrogens (tertiary/aromatic N) is 1. The van der Waals surface area contributed by atoms with E-state index >= 15 is 0 Å². The summed E-state index contributed by atoms with van der Waals surface area (Å²) < 4.78 is 16.9. The largest absolute Gasteiger partial charge is 0.497 e. The zero-order valence-corrected chi connectivity index (χ0v) is 21.2. The Labute approximate surface area is 219 Å². The third-order valence-electron chi connectivity index (χ3n) is 7.46. The average molecular weight is 521 g/mol. The van der Waals surface area contributed by atoms with Crippen molar-refractivity contribution in [3.63, 3.8) is 0 Å². The molecular weight excluding hydrogens is 492 g/mol. The summed E-state index contributed by atoms with van der Waals surface area (Å²) in [6, 6.07) is 16.0. The Kier molecular flexibility index (Phi) is 6.42. The van der Waals surface area contributed by atoms with Crippen LogP contribution in [0.5, 0.6) is 5.75 Å². The van der Waals surface area contributed by atoms with Gasteiger partial charge in [-0.05, 0) is 41.7 Å². The maximum atomic E-state index is 13.4. The van der Waals surface area contributed by atoms with Crippen molar-refractivity contribution >= 4 is 29.5 Å². The summed E-state index contributed by atoms with van der Waals surface area (Å²) in [5.41, 5.74) is 2.99. The van der Waals surface area contributed by atoms with Gasteiger partial charge in [0, 0.05) is 12.5 Å². The monoisotopic (exact) mass is 520 g/mol. The quantitative estimate of drug-likeness (QED) is 0.443. The van der Waals surface area contributed by atoms with E-state index in [1.807, 2.05) is 54.6 Å². The van der Waals surface area contributed by atoms with E-state index in [-0.39, 0.29) is 47.5 Å². The fourth-order valence-corrected chi connectivity index (χ4v) is 7.42. The summed E-state index contributed by atoms with van der Waals surface area (Å²) in [7, 11) is 1.60. The third kappa shape index (κ3) is 4.30. The molecule has 1 N–H and O–H groups in total. The number of benzene rings is 2. The summed E-state index contributed by atoms with van der Waals surface area (Å²) in [4.78, 5) is 41.0. The standard InChI is InChI=1S/C28H28N2O6S/c1-34-18-11-9-17(10-12-18)15-36-28(33)23-21-19-8-5-13-35-24(19)25(21)37-27-22(26(32)30(23)27)29-20(31)14-16-6-3-2-4-7-16/h2-4,6-7,9-12,19,22,24-25,27H,5,8,13-15H2,1H3,(H,29,31)/t19-,22-,24-,25+,27-/m1/s1. The summed E-state index contributed by atoms with van der Waals surface area (Å²) in [6.07, 6.45) is 2.07. The fourth-order valence-electron chi connectivity index (χ4n) is 5.59. The van der Waals surface area contributed by atoms with Crippen molar-refractivity contribution in [2.45, 2.75) is 48.6 Å². The number of nitrogens with one attached hydrogen (secondary N) is 1. The number of amides is 2. The maximum absolute atomic E-state index is 13.4. The fraction of sp³-hybridized carbons (Fsp3) is 0.393. The van der Waals surface area contributed by atoms with Crippen molar-refractivity contribution in [2.75, 3.05) is 13.7 Å². The van der Waals surface area contributed by atoms with E-state index < -0.39 is 12.0 Å². The van der Waals surface area contributed by atoms with E-state index in [9.17, 15) is 14.4 Å². The lowest BCUT2D eigenvalue weighted by Gasteiger charge is -2.59. The molecule has 0 spiro atoms. The number of ether oxygens (including phenoxy) is 3. The number of hydrogen-bond acceptors (Lipinski definition) is 7. The van der Waals surface area contributed by atoms with Gasteiger partial charge in [0.1, 0.15) is 29.5 Å². The number of esters is 1. The number of β-lactam (4-membered cyclic amide) rings is 1. The predicted molar refractivity (Wildman–Crippen MR) is 136 cm³/mol. The van der Waals surface area contributed by atoms with Crippen molar-refractivity contribution in [2.24, 2.45) is 5.92 Å². The summed E-state index contributed by atoms with van der Waals surface area (Å²) in [6.45, 7) is 0.791. The Morgan fingerprint density at radius 3 is 2.65 bits per heavy atom. The maximum Gasteiger partial charge on any atom is 0.355 e. The van der Waals surface area contributed by atoms with Crippen LogP contribution in [-0.4, -0.2) is 59.2 Å². The summed E-state index contributed by atoms with van der Waals surface area (Å²) >= 11 is 1.60. The lowest BCUT2D eigenvalue weighted by molar-refractivity contribution is -0.154. The molecule has 2 amide bonds. The molecule has 3 fully saturated rings.